The second-order valence-electron chi connectivity index (χ2n) is 5.56. The number of hydrogen-bond acceptors (Lipinski definition) is 4. The van der Waals surface area contributed by atoms with Crippen LogP contribution in [0.15, 0.2) is 58.3 Å². The van der Waals surface area contributed by atoms with Gasteiger partial charge in [-0.3, -0.25) is 4.79 Å². The molecule has 0 fully saturated rings. The second-order valence-corrected chi connectivity index (χ2v) is 6.94. The highest BCUT2D eigenvalue weighted by Gasteiger charge is 2.17. The molecule has 2 aromatic heterocycles. The Morgan fingerprint density at radius 3 is 2.88 bits per heavy atom. The summed E-state index contributed by atoms with van der Waals surface area (Å²) >= 11 is 7.42. The van der Waals surface area contributed by atoms with Gasteiger partial charge in [0.15, 0.2) is 5.58 Å². The van der Waals surface area contributed by atoms with Crippen molar-refractivity contribution < 1.29 is 9.21 Å². The van der Waals surface area contributed by atoms with Gasteiger partial charge in [-0.2, -0.15) is 0 Å². The highest BCUT2D eigenvalue weighted by atomic mass is 35.5. The number of nitrogens with zero attached hydrogens (tertiary/aromatic N) is 1. The predicted molar refractivity (Wildman–Crippen MR) is 101 cm³/mol. The zero-order chi connectivity index (χ0) is 17.4. The molecule has 6 heteroatoms. The molecule has 1 amide bonds. The van der Waals surface area contributed by atoms with Gasteiger partial charge in [-0.05, 0) is 48.2 Å². The molecule has 0 atom stereocenters. The number of carbonyl (C=O) groups is 1. The van der Waals surface area contributed by atoms with Crippen LogP contribution in [0.3, 0.4) is 0 Å². The van der Waals surface area contributed by atoms with E-state index in [-0.39, 0.29) is 5.91 Å². The monoisotopic (exact) mass is 368 g/mol. The molecule has 4 aromatic rings. The van der Waals surface area contributed by atoms with E-state index in [0.717, 1.165) is 11.1 Å². The number of thiophene rings is 1. The van der Waals surface area contributed by atoms with Crippen LogP contribution in [0.5, 0.6) is 0 Å². The lowest BCUT2D eigenvalue weighted by atomic mass is 10.1. The summed E-state index contributed by atoms with van der Waals surface area (Å²) in [6.07, 6.45) is 0. The third kappa shape index (κ3) is 3.04. The van der Waals surface area contributed by atoms with Crippen LogP contribution in [0.1, 0.15) is 15.2 Å². The number of benzene rings is 2. The third-order valence-corrected chi connectivity index (χ3v) is 4.93. The first-order valence-corrected chi connectivity index (χ1v) is 8.88. The number of aromatic nitrogens is 1. The van der Waals surface area contributed by atoms with Gasteiger partial charge in [-0.1, -0.05) is 29.8 Å². The van der Waals surface area contributed by atoms with Crippen molar-refractivity contribution in [2.45, 2.75) is 6.92 Å². The number of nitrogens with one attached hydrogen (secondary N) is 1. The Labute approximate surface area is 153 Å². The number of carbonyl (C=O) groups excluding carboxylic acids is 1. The van der Waals surface area contributed by atoms with Gasteiger partial charge in [0.05, 0.1) is 16.1 Å². The van der Waals surface area contributed by atoms with Crippen LogP contribution in [-0.4, -0.2) is 10.9 Å². The molecular formula is C19H13ClN2O2S. The molecule has 0 aliphatic rings. The number of halogens is 1. The van der Waals surface area contributed by atoms with E-state index in [1.54, 1.807) is 24.3 Å². The second kappa shape index (κ2) is 6.35. The first kappa shape index (κ1) is 15.9. The summed E-state index contributed by atoms with van der Waals surface area (Å²) in [6.45, 7) is 1.96. The minimum atomic E-state index is -0.152. The number of rotatable bonds is 3. The maximum absolute atomic E-state index is 12.4. The van der Waals surface area contributed by atoms with E-state index in [9.17, 15) is 4.79 Å². The lowest BCUT2D eigenvalue weighted by Gasteiger charge is -2.10. The van der Waals surface area contributed by atoms with Gasteiger partial charge < -0.3 is 9.73 Å². The summed E-state index contributed by atoms with van der Waals surface area (Å²) in [7, 11) is 0. The Balaban J connectivity index is 1.79. The minimum Gasteiger partial charge on any atom is -0.436 e. The summed E-state index contributed by atoms with van der Waals surface area (Å²) in [5.41, 5.74) is 3.72. The molecule has 0 unspecified atom stereocenters. The number of oxazole rings is 1. The van der Waals surface area contributed by atoms with Crippen LogP contribution in [0, 0.1) is 6.92 Å². The molecule has 4 rings (SSSR count). The minimum absolute atomic E-state index is 0.152. The lowest BCUT2D eigenvalue weighted by molar-refractivity contribution is 0.103. The zero-order valence-corrected chi connectivity index (χ0v) is 14.8. The van der Waals surface area contributed by atoms with Gasteiger partial charge in [0.25, 0.3) is 5.91 Å². The van der Waals surface area contributed by atoms with Gasteiger partial charge in [-0.25, -0.2) is 4.98 Å². The molecule has 0 aliphatic carbocycles. The fourth-order valence-electron chi connectivity index (χ4n) is 2.65. The van der Waals surface area contributed by atoms with Crippen molar-refractivity contribution in [3.63, 3.8) is 0 Å². The van der Waals surface area contributed by atoms with Crippen LogP contribution >= 0.6 is 22.9 Å². The van der Waals surface area contributed by atoms with Gasteiger partial charge in [0.2, 0.25) is 5.89 Å². The SMILES string of the molecule is Cc1cccc(NC(=O)c2cccs2)c1-c1nc2cc(Cl)ccc2o1. The van der Waals surface area contributed by atoms with E-state index in [2.05, 4.69) is 10.3 Å². The van der Waals surface area contributed by atoms with Crippen LogP contribution in [0.25, 0.3) is 22.6 Å². The topological polar surface area (TPSA) is 55.1 Å². The number of hydrogen-bond donors (Lipinski definition) is 1. The fourth-order valence-corrected chi connectivity index (χ4v) is 3.44. The Kier molecular flexibility index (Phi) is 4.03. The summed E-state index contributed by atoms with van der Waals surface area (Å²) < 4.78 is 5.88. The first-order valence-electron chi connectivity index (χ1n) is 7.63. The van der Waals surface area contributed by atoms with Crippen molar-refractivity contribution in [3.8, 4) is 11.5 Å². The first-order chi connectivity index (χ1) is 12.1. The fraction of sp³-hybridized carbons (Fsp3) is 0.0526. The van der Waals surface area contributed by atoms with Gasteiger partial charge in [-0.15, -0.1) is 11.3 Å². The number of amides is 1. The van der Waals surface area contributed by atoms with E-state index in [0.29, 0.717) is 32.6 Å². The largest absolute Gasteiger partial charge is 0.436 e. The number of anilines is 1. The van der Waals surface area contributed by atoms with Crippen molar-refractivity contribution in [3.05, 3.63) is 69.4 Å². The Morgan fingerprint density at radius 1 is 1.20 bits per heavy atom. The van der Waals surface area contributed by atoms with E-state index in [1.165, 1.54) is 11.3 Å². The number of fused-ring (bicyclic) bond motifs is 1. The van der Waals surface area contributed by atoms with Crippen LogP contribution in [0.2, 0.25) is 5.02 Å². The zero-order valence-electron chi connectivity index (χ0n) is 13.2. The average molecular weight is 369 g/mol. The molecule has 2 aromatic carbocycles. The summed E-state index contributed by atoms with van der Waals surface area (Å²) in [5, 5.41) is 5.43. The van der Waals surface area contributed by atoms with Gasteiger partial charge >= 0.3 is 0 Å². The van der Waals surface area contributed by atoms with E-state index in [4.69, 9.17) is 16.0 Å². The van der Waals surface area contributed by atoms with Crippen molar-refractivity contribution in [1.29, 1.82) is 0 Å². The quantitative estimate of drug-likeness (QED) is 0.499. The molecule has 2 heterocycles. The van der Waals surface area contributed by atoms with Crippen LogP contribution in [-0.2, 0) is 0 Å². The maximum atomic E-state index is 12.4. The van der Waals surface area contributed by atoms with E-state index < -0.39 is 0 Å². The summed E-state index contributed by atoms with van der Waals surface area (Å²) in [4.78, 5) is 17.6. The molecule has 0 saturated heterocycles. The highest BCUT2D eigenvalue weighted by molar-refractivity contribution is 7.12. The molecule has 4 nitrogen and oxygen atoms in total. The smallest absolute Gasteiger partial charge is 0.265 e. The molecular weight excluding hydrogens is 356 g/mol. The normalized spacial score (nSPS) is 11.0. The standard InChI is InChI=1S/C19H13ClN2O2S/c1-11-4-2-5-13(21-18(23)16-6-3-9-25-16)17(11)19-22-14-10-12(20)7-8-15(14)24-19/h2-10H,1H3,(H,21,23). The summed E-state index contributed by atoms with van der Waals surface area (Å²) in [6, 6.07) is 14.6. The maximum Gasteiger partial charge on any atom is 0.265 e. The van der Waals surface area contributed by atoms with E-state index in [1.807, 2.05) is 36.6 Å². The molecule has 0 radical (unpaired) electrons. The average Bonchev–Trinajstić information content (AvgIpc) is 3.23. The Bertz CT molecular complexity index is 1070. The summed E-state index contributed by atoms with van der Waals surface area (Å²) in [5.74, 6) is 0.304. The molecule has 25 heavy (non-hydrogen) atoms. The molecule has 1 N–H and O–H groups in total. The predicted octanol–water partition coefficient (Wildman–Crippen LogP) is 5.77. The van der Waals surface area contributed by atoms with Crippen molar-refractivity contribution in [2.24, 2.45) is 0 Å². The lowest BCUT2D eigenvalue weighted by Crippen LogP contribution is -2.11. The van der Waals surface area contributed by atoms with Gasteiger partial charge in [0.1, 0.15) is 5.52 Å². The molecule has 0 spiro atoms. The highest BCUT2D eigenvalue weighted by Crippen LogP contribution is 2.34. The molecule has 0 saturated carbocycles. The molecule has 0 bridgehead atoms. The van der Waals surface area contributed by atoms with Crippen molar-refractivity contribution in [1.82, 2.24) is 4.98 Å². The Hall–Kier alpha value is -2.63. The molecule has 124 valence electrons. The number of aryl methyl sites for hydroxylation is 1. The van der Waals surface area contributed by atoms with E-state index >= 15 is 0 Å². The van der Waals surface area contributed by atoms with Gasteiger partial charge in [0, 0.05) is 5.02 Å². The molecule has 0 aliphatic heterocycles. The van der Waals surface area contributed by atoms with Crippen LogP contribution in [0.4, 0.5) is 5.69 Å². The van der Waals surface area contributed by atoms with Crippen LogP contribution < -0.4 is 5.32 Å². The Morgan fingerprint density at radius 2 is 2.08 bits per heavy atom. The van der Waals surface area contributed by atoms with Crippen molar-refractivity contribution >= 4 is 45.6 Å². The van der Waals surface area contributed by atoms with Crippen molar-refractivity contribution in [2.75, 3.05) is 5.32 Å². The third-order valence-electron chi connectivity index (χ3n) is 3.83.